The lowest BCUT2D eigenvalue weighted by Gasteiger charge is -2.27. The summed E-state index contributed by atoms with van der Waals surface area (Å²) in [6.07, 6.45) is 11.9. The highest BCUT2D eigenvalue weighted by atomic mass is 16.3. The van der Waals surface area contributed by atoms with Gasteiger partial charge in [0.25, 0.3) is 0 Å². The van der Waals surface area contributed by atoms with E-state index in [0.29, 0.717) is 0 Å². The smallest absolute Gasteiger partial charge is 0.0669 e. The fraction of sp³-hybridized carbons (Fsp3) is 1.00. The summed E-state index contributed by atoms with van der Waals surface area (Å²) in [5.41, 5.74) is 0. The molecule has 0 radical (unpaired) electrons. The van der Waals surface area contributed by atoms with Crippen molar-refractivity contribution in [1.29, 1.82) is 0 Å². The quantitative estimate of drug-likeness (QED) is 0.777. The Morgan fingerprint density at radius 3 is 2.25 bits per heavy atom. The molecule has 2 nitrogen and oxygen atoms in total. The number of aliphatic hydroxyl groups excluding tert-OH is 1. The first-order chi connectivity index (χ1) is 7.75. The van der Waals surface area contributed by atoms with Gasteiger partial charge in [-0.25, -0.2) is 0 Å². The zero-order valence-electron chi connectivity index (χ0n) is 10.7. The van der Waals surface area contributed by atoms with E-state index >= 15 is 0 Å². The molecule has 0 spiro atoms. The Morgan fingerprint density at radius 2 is 1.62 bits per heavy atom. The predicted octanol–water partition coefficient (Wildman–Crippen LogP) is 2.80. The molecule has 0 aromatic carbocycles. The fourth-order valence-corrected chi connectivity index (χ4v) is 3.53. The van der Waals surface area contributed by atoms with Gasteiger partial charge in [0.05, 0.1) is 6.10 Å². The second-order valence-corrected chi connectivity index (χ2v) is 5.92. The molecule has 1 unspecified atom stereocenters. The zero-order valence-corrected chi connectivity index (χ0v) is 10.7. The van der Waals surface area contributed by atoms with E-state index in [2.05, 4.69) is 11.9 Å². The van der Waals surface area contributed by atoms with Crippen molar-refractivity contribution in [3.63, 3.8) is 0 Å². The molecule has 1 atom stereocenters. The first-order valence-corrected chi connectivity index (χ1v) is 7.14. The first-order valence-electron chi connectivity index (χ1n) is 7.14. The molecule has 0 saturated heterocycles. The molecule has 2 aliphatic carbocycles. The van der Waals surface area contributed by atoms with Crippen LogP contribution in [0, 0.1) is 5.92 Å². The van der Waals surface area contributed by atoms with Crippen molar-refractivity contribution in [2.45, 2.75) is 69.9 Å². The summed E-state index contributed by atoms with van der Waals surface area (Å²) in [6, 6.07) is 0.748. The minimum absolute atomic E-state index is 0.0892. The van der Waals surface area contributed by atoms with Crippen LogP contribution in [0.1, 0.15) is 57.8 Å². The van der Waals surface area contributed by atoms with E-state index in [4.69, 9.17) is 0 Å². The van der Waals surface area contributed by atoms with Gasteiger partial charge in [-0.15, -0.1) is 0 Å². The summed E-state index contributed by atoms with van der Waals surface area (Å²) in [6.45, 7) is 0.890. The Balaban J connectivity index is 1.66. The van der Waals surface area contributed by atoms with E-state index in [1.54, 1.807) is 0 Å². The van der Waals surface area contributed by atoms with Crippen molar-refractivity contribution in [2.75, 3.05) is 13.6 Å². The molecule has 0 bridgehead atoms. The highest BCUT2D eigenvalue weighted by Gasteiger charge is 2.23. The van der Waals surface area contributed by atoms with Gasteiger partial charge in [0.1, 0.15) is 0 Å². The van der Waals surface area contributed by atoms with E-state index < -0.39 is 0 Å². The molecule has 16 heavy (non-hydrogen) atoms. The van der Waals surface area contributed by atoms with Crippen LogP contribution in [0.5, 0.6) is 0 Å². The highest BCUT2D eigenvalue weighted by molar-refractivity contribution is 4.78. The Kier molecular flexibility index (Phi) is 4.66. The van der Waals surface area contributed by atoms with Crippen molar-refractivity contribution in [3.8, 4) is 0 Å². The second kappa shape index (κ2) is 6.02. The van der Waals surface area contributed by atoms with Crippen molar-refractivity contribution >= 4 is 0 Å². The molecule has 1 N–H and O–H groups in total. The number of nitrogens with zero attached hydrogens (tertiary/aromatic N) is 1. The minimum Gasteiger partial charge on any atom is -0.392 e. The van der Waals surface area contributed by atoms with Gasteiger partial charge in [-0.1, -0.05) is 38.5 Å². The topological polar surface area (TPSA) is 23.5 Å². The van der Waals surface area contributed by atoms with Crippen LogP contribution in [-0.2, 0) is 0 Å². The third-order valence-corrected chi connectivity index (χ3v) is 4.53. The molecule has 0 amide bonds. The van der Waals surface area contributed by atoms with Crippen LogP contribution in [-0.4, -0.2) is 35.7 Å². The van der Waals surface area contributed by atoms with Gasteiger partial charge in [0.2, 0.25) is 0 Å². The van der Waals surface area contributed by atoms with Crippen molar-refractivity contribution in [2.24, 2.45) is 5.92 Å². The maximum Gasteiger partial charge on any atom is 0.0669 e. The summed E-state index contributed by atoms with van der Waals surface area (Å²) in [4.78, 5) is 2.40. The van der Waals surface area contributed by atoms with Crippen molar-refractivity contribution in [3.05, 3.63) is 0 Å². The molecule has 2 aliphatic rings. The largest absolute Gasteiger partial charge is 0.392 e. The van der Waals surface area contributed by atoms with Crippen LogP contribution in [0.15, 0.2) is 0 Å². The molecule has 0 aromatic heterocycles. The summed E-state index contributed by atoms with van der Waals surface area (Å²) in [5.74, 6) is 0.812. The Labute approximate surface area is 100 Å². The molecule has 0 heterocycles. The molecular formula is C14H27NO. The Hall–Kier alpha value is -0.0800. The van der Waals surface area contributed by atoms with Crippen LogP contribution in [0.2, 0.25) is 0 Å². The molecule has 2 rings (SSSR count). The van der Waals surface area contributed by atoms with Gasteiger partial charge in [-0.05, 0) is 32.2 Å². The molecule has 0 aromatic rings. The maximum absolute atomic E-state index is 10.1. The van der Waals surface area contributed by atoms with Crippen LogP contribution in [0.25, 0.3) is 0 Å². The summed E-state index contributed by atoms with van der Waals surface area (Å²) in [5, 5.41) is 10.1. The average Bonchev–Trinajstić information content (AvgIpc) is 2.88. The van der Waals surface area contributed by atoms with Gasteiger partial charge in [0.15, 0.2) is 0 Å². The molecule has 2 fully saturated rings. The van der Waals surface area contributed by atoms with Crippen LogP contribution < -0.4 is 0 Å². The summed E-state index contributed by atoms with van der Waals surface area (Å²) < 4.78 is 0. The molecular weight excluding hydrogens is 198 g/mol. The molecule has 2 saturated carbocycles. The van der Waals surface area contributed by atoms with Gasteiger partial charge >= 0.3 is 0 Å². The van der Waals surface area contributed by atoms with E-state index in [1.165, 1.54) is 51.4 Å². The van der Waals surface area contributed by atoms with Gasteiger partial charge in [0, 0.05) is 12.6 Å². The lowest BCUT2D eigenvalue weighted by atomic mass is 9.99. The van der Waals surface area contributed by atoms with Gasteiger partial charge in [-0.2, -0.15) is 0 Å². The maximum atomic E-state index is 10.1. The van der Waals surface area contributed by atoms with E-state index in [9.17, 15) is 5.11 Å². The van der Waals surface area contributed by atoms with Crippen LogP contribution >= 0.6 is 0 Å². The van der Waals surface area contributed by atoms with Crippen LogP contribution in [0.4, 0.5) is 0 Å². The SMILES string of the molecule is CN(CC(O)CC1CCCC1)C1CCCC1. The molecule has 0 aliphatic heterocycles. The third kappa shape index (κ3) is 3.46. The third-order valence-electron chi connectivity index (χ3n) is 4.53. The molecule has 2 heteroatoms. The van der Waals surface area contributed by atoms with Gasteiger partial charge < -0.3 is 10.0 Å². The van der Waals surface area contributed by atoms with E-state index in [1.807, 2.05) is 0 Å². The van der Waals surface area contributed by atoms with Crippen LogP contribution in [0.3, 0.4) is 0 Å². The predicted molar refractivity (Wildman–Crippen MR) is 67.5 cm³/mol. The Bertz CT molecular complexity index is 195. The number of likely N-dealkylation sites (N-methyl/N-ethyl adjacent to an activating group) is 1. The number of hydrogen-bond acceptors (Lipinski definition) is 2. The second-order valence-electron chi connectivity index (χ2n) is 5.92. The first kappa shape index (κ1) is 12.4. The summed E-state index contributed by atoms with van der Waals surface area (Å²) in [7, 11) is 2.19. The zero-order chi connectivity index (χ0) is 11.4. The normalized spacial score (nSPS) is 25.7. The highest BCUT2D eigenvalue weighted by Crippen LogP contribution is 2.29. The van der Waals surface area contributed by atoms with Gasteiger partial charge in [-0.3, -0.25) is 0 Å². The number of hydrogen-bond donors (Lipinski definition) is 1. The van der Waals surface area contributed by atoms with Crippen molar-refractivity contribution < 1.29 is 5.11 Å². The average molecular weight is 225 g/mol. The van der Waals surface area contributed by atoms with Crippen molar-refractivity contribution in [1.82, 2.24) is 4.90 Å². The monoisotopic (exact) mass is 225 g/mol. The summed E-state index contributed by atoms with van der Waals surface area (Å²) >= 11 is 0. The molecule has 94 valence electrons. The fourth-order valence-electron chi connectivity index (χ4n) is 3.53. The Morgan fingerprint density at radius 1 is 1.06 bits per heavy atom. The lowest BCUT2D eigenvalue weighted by Crippen LogP contribution is -2.36. The van der Waals surface area contributed by atoms with E-state index in [0.717, 1.165) is 24.9 Å². The number of rotatable bonds is 5. The standard InChI is InChI=1S/C14H27NO/c1-15(13-8-4-5-9-13)11-14(16)10-12-6-2-3-7-12/h12-14,16H,2-11H2,1H3. The number of aliphatic hydroxyl groups is 1. The lowest BCUT2D eigenvalue weighted by molar-refractivity contribution is 0.0852. The minimum atomic E-state index is -0.0892. The van der Waals surface area contributed by atoms with E-state index in [-0.39, 0.29) is 6.10 Å².